The van der Waals surface area contributed by atoms with Gasteiger partial charge in [-0.05, 0) is 17.7 Å². The van der Waals surface area contributed by atoms with E-state index in [-0.39, 0.29) is 30.4 Å². The summed E-state index contributed by atoms with van der Waals surface area (Å²) in [5, 5.41) is 12.2. The number of primary sulfonamides is 1. The molecule has 0 radical (unpaired) electrons. The first-order valence-electron chi connectivity index (χ1n) is 6.62. The molecular weight excluding hydrogens is 324 g/mol. The SMILES string of the molecule is CC(=O)NCCNC(=O)C(=O)NCc1ccc(S(N)(=O)=O)cc1. The normalized spacial score (nSPS) is 10.7. The summed E-state index contributed by atoms with van der Waals surface area (Å²) in [5.41, 5.74) is 0.608. The van der Waals surface area contributed by atoms with Crippen LogP contribution in [-0.4, -0.2) is 39.2 Å². The van der Waals surface area contributed by atoms with Gasteiger partial charge < -0.3 is 16.0 Å². The summed E-state index contributed by atoms with van der Waals surface area (Å²) < 4.78 is 22.2. The van der Waals surface area contributed by atoms with E-state index in [9.17, 15) is 22.8 Å². The van der Waals surface area contributed by atoms with E-state index < -0.39 is 21.8 Å². The van der Waals surface area contributed by atoms with Gasteiger partial charge in [-0.1, -0.05) is 12.1 Å². The molecule has 0 bridgehead atoms. The zero-order chi connectivity index (χ0) is 17.5. The minimum atomic E-state index is -3.76. The van der Waals surface area contributed by atoms with E-state index in [1.165, 1.54) is 31.2 Å². The van der Waals surface area contributed by atoms with E-state index in [0.29, 0.717) is 5.56 Å². The molecule has 5 N–H and O–H groups in total. The Bertz CT molecular complexity index is 685. The third kappa shape index (κ3) is 6.89. The minimum Gasteiger partial charge on any atom is -0.355 e. The number of hydrogen-bond donors (Lipinski definition) is 4. The molecule has 23 heavy (non-hydrogen) atoms. The number of rotatable bonds is 6. The molecule has 0 spiro atoms. The van der Waals surface area contributed by atoms with E-state index in [4.69, 9.17) is 5.14 Å². The van der Waals surface area contributed by atoms with Crippen molar-refractivity contribution >= 4 is 27.7 Å². The average Bonchev–Trinajstić information content (AvgIpc) is 2.48. The monoisotopic (exact) mass is 342 g/mol. The molecule has 9 nitrogen and oxygen atoms in total. The van der Waals surface area contributed by atoms with Gasteiger partial charge in [0.15, 0.2) is 0 Å². The molecule has 10 heteroatoms. The summed E-state index contributed by atoms with van der Waals surface area (Å²) in [6.07, 6.45) is 0. The zero-order valence-electron chi connectivity index (χ0n) is 12.5. The lowest BCUT2D eigenvalue weighted by Crippen LogP contribution is -2.42. The van der Waals surface area contributed by atoms with Crippen LogP contribution >= 0.6 is 0 Å². The number of benzene rings is 1. The van der Waals surface area contributed by atoms with Crippen LogP contribution in [0.25, 0.3) is 0 Å². The van der Waals surface area contributed by atoms with Gasteiger partial charge in [-0.25, -0.2) is 13.6 Å². The van der Waals surface area contributed by atoms with E-state index in [1.807, 2.05) is 0 Å². The van der Waals surface area contributed by atoms with Crippen molar-refractivity contribution in [3.63, 3.8) is 0 Å². The van der Waals surface area contributed by atoms with Crippen LogP contribution in [0.15, 0.2) is 29.2 Å². The summed E-state index contributed by atoms with van der Waals surface area (Å²) in [4.78, 5) is 33.6. The summed E-state index contributed by atoms with van der Waals surface area (Å²) >= 11 is 0. The molecule has 0 aliphatic carbocycles. The third-order valence-corrected chi connectivity index (χ3v) is 3.62. The molecule has 0 saturated carbocycles. The Hall–Kier alpha value is -2.46. The Morgan fingerprint density at radius 2 is 1.48 bits per heavy atom. The fourth-order valence-electron chi connectivity index (χ4n) is 1.55. The van der Waals surface area contributed by atoms with Crippen LogP contribution in [0.4, 0.5) is 0 Å². The largest absolute Gasteiger partial charge is 0.355 e. The second-order valence-corrected chi connectivity index (χ2v) is 6.17. The predicted molar refractivity (Wildman–Crippen MR) is 81.4 cm³/mol. The van der Waals surface area contributed by atoms with Crippen molar-refractivity contribution in [2.24, 2.45) is 5.14 Å². The third-order valence-electron chi connectivity index (χ3n) is 2.70. The number of nitrogens with two attached hydrogens (primary N) is 1. The lowest BCUT2D eigenvalue weighted by atomic mass is 10.2. The molecule has 1 rings (SSSR count). The zero-order valence-corrected chi connectivity index (χ0v) is 13.3. The van der Waals surface area contributed by atoms with Crippen molar-refractivity contribution in [1.29, 1.82) is 0 Å². The molecule has 0 fully saturated rings. The predicted octanol–water partition coefficient (Wildman–Crippen LogP) is -1.80. The first-order valence-corrected chi connectivity index (χ1v) is 8.17. The molecule has 1 aromatic carbocycles. The Morgan fingerprint density at radius 3 is 2.00 bits per heavy atom. The van der Waals surface area contributed by atoms with Gasteiger partial charge in [0.25, 0.3) is 0 Å². The van der Waals surface area contributed by atoms with Crippen LogP contribution in [0.5, 0.6) is 0 Å². The highest BCUT2D eigenvalue weighted by molar-refractivity contribution is 7.89. The molecule has 0 aromatic heterocycles. The van der Waals surface area contributed by atoms with Crippen LogP contribution in [0.1, 0.15) is 12.5 Å². The van der Waals surface area contributed by atoms with Gasteiger partial charge in [-0.15, -0.1) is 0 Å². The van der Waals surface area contributed by atoms with E-state index in [1.54, 1.807) is 0 Å². The second-order valence-electron chi connectivity index (χ2n) is 4.61. The molecule has 0 saturated heterocycles. The molecule has 1 aromatic rings. The minimum absolute atomic E-state index is 0.0386. The first kappa shape index (κ1) is 18.6. The Labute approximate surface area is 133 Å². The Balaban J connectivity index is 2.40. The number of sulfonamides is 1. The van der Waals surface area contributed by atoms with Crippen LogP contribution in [0.2, 0.25) is 0 Å². The lowest BCUT2D eigenvalue weighted by Gasteiger charge is -2.07. The maximum atomic E-state index is 11.5. The number of amides is 3. The highest BCUT2D eigenvalue weighted by Gasteiger charge is 2.12. The van der Waals surface area contributed by atoms with Crippen LogP contribution < -0.4 is 21.1 Å². The molecule has 3 amide bonds. The van der Waals surface area contributed by atoms with Gasteiger partial charge in [0.2, 0.25) is 15.9 Å². The molecule has 0 unspecified atom stereocenters. The second kappa shape index (κ2) is 8.25. The van der Waals surface area contributed by atoms with Gasteiger partial charge >= 0.3 is 11.8 Å². The van der Waals surface area contributed by atoms with Crippen molar-refractivity contribution in [1.82, 2.24) is 16.0 Å². The van der Waals surface area contributed by atoms with Crippen molar-refractivity contribution in [2.75, 3.05) is 13.1 Å². The maximum Gasteiger partial charge on any atom is 0.309 e. The highest BCUT2D eigenvalue weighted by atomic mass is 32.2. The summed E-state index contributed by atoms with van der Waals surface area (Å²) in [6, 6.07) is 5.58. The van der Waals surface area contributed by atoms with Crippen molar-refractivity contribution in [3.8, 4) is 0 Å². The maximum absolute atomic E-state index is 11.5. The molecule has 0 heterocycles. The summed E-state index contributed by atoms with van der Waals surface area (Å²) in [5.74, 6) is -1.88. The summed E-state index contributed by atoms with van der Waals surface area (Å²) in [6.45, 7) is 1.76. The molecular formula is C13H18N4O5S. The first-order chi connectivity index (χ1) is 10.7. The number of hydrogen-bond acceptors (Lipinski definition) is 5. The Kier molecular flexibility index (Phi) is 6.66. The number of nitrogens with one attached hydrogen (secondary N) is 3. The standard InChI is InChI=1S/C13H18N4O5S/c1-9(18)15-6-7-16-12(19)13(20)17-8-10-2-4-11(5-3-10)23(14,21)22/h2-5H,6-8H2,1H3,(H,15,18)(H,16,19)(H,17,20)(H2,14,21,22). The quantitative estimate of drug-likeness (QED) is 0.356. The lowest BCUT2D eigenvalue weighted by molar-refractivity contribution is -0.139. The van der Waals surface area contributed by atoms with E-state index >= 15 is 0 Å². The molecule has 126 valence electrons. The highest BCUT2D eigenvalue weighted by Crippen LogP contribution is 2.08. The fraction of sp³-hybridized carbons (Fsp3) is 0.308. The molecule has 0 aliphatic rings. The number of carbonyl (C=O) groups excluding carboxylic acids is 3. The van der Waals surface area contributed by atoms with Gasteiger partial charge in [0, 0.05) is 26.6 Å². The van der Waals surface area contributed by atoms with E-state index in [0.717, 1.165) is 0 Å². The summed E-state index contributed by atoms with van der Waals surface area (Å²) in [7, 11) is -3.76. The van der Waals surface area contributed by atoms with Gasteiger partial charge in [0.1, 0.15) is 0 Å². The number of carbonyl (C=O) groups is 3. The topological polar surface area (TPSA) is 147 Å². The molecule has 0 aliphatic heterocycles. The van der Waals surface area contributed by atoms with E-state index in [2.05, 4.69) is 16.0 Å². The van der Waals surface area contributed by atoms with Crippen molar-refractivity contribution in [3.05, 3.63) is 29.8 Å². The van der Waals surface area contributed by atoms with Crippen LogP contribution in [0.3, 0.4) is 0 Å². The molecule has 0 atom stereocenters. The van der Waals surface area contributed by atoms with Crippen molar-refractivity contribution in [2.45, 2.75) is 18.4 Å². The van der Waals surface area contributed by atoms with Gasteiger partial charge in [-0.2, -0.15) is 0 Å². The van der Waals surface area contributed by atoms with Crippen LogP contribution in [-0.2, 0) is 31.0 Å². The van der Waals surface area contributed by atoms with Crippen molar-refractivity contribution < 1.29 is 22.8 Å². The smallest absolute Gasteiger partial charge is 0.309 e. The van der Waals surface area contributed by atoms with Crippen LogP contribution in [0, 0.1) is 0 Å². The fourth-order valence-corrected chi connectivity index (χ4v) is 2.07. The average molecular weight is 342 g/mol. The Morgan fingerprint density at radius 1 is 0.957 bits per heavy atom. The van der Waals surface area contributed by atoms with Gasteiger partial charge in [-0.3, -0.25) is 14.4 Å². The van der Waals surface area contributed by atoms with Gasteiger partial charge in [0.05, 0.1) is 4.90 Å².